The van der Waals surface area contributed by atoms with Crippen molar-refractivity contribution < 1.29 is 19.1 Å². The number of aromatic nitrogens is 2. The Morgan fingerprint density at radius 2 is 1.82 bits per heavy atom. The standard InChI is InChI=1S/C28H32N2O4/c1-3-34-26(32)22-8-7-16-28(17-15-22,24-9-5-4-6-10-24)27-29-18-19-30(27)20-21-11-13-23(14-12-21)25(31)33-2/h4-6,9-14,18-19,22H,3,7-8,15-17,20H2,1-2H3. The summed E-state index contributed by atoms with van der Waals surface area (Å²) < 4.78 is 12.4. The first-order valence-electron chi connectivity index (χ1n) is 12.0. The zero-order valence-corrected chi connectivity index (χ0v) is 19.9. The lowest BCUT2D eigenvalue weighted by molar-refractivity contribution is -0.148. The number of carbonyl (C=O) groups excluding carboxylic acids is 2. The normalized spacial score (nSPS) is 20.4. The zero-order chi connectivity index (χ0) is 24.0. The number of ether oxygens (including phenoxy) is 2. The Morgan fingerprint density at radius 1 is 1.06 bits per heavy atom. The van der Waals surface area contributed by atoms with Gasteiger partial charge in [0.2, 0.25) is 0 Å². The number of benzene rings is 2. The predicted octanol–water partition coefficient (Wildman–Crippen LogP) is 5.15. The first-order valence-corrected chi connectivity index (χ1v) is 12.0. The van der Waals surface area contributed by atoms with E-state index in [0.29, 0.717) is 18.7 Å². The second kappa shape index (κ2) is 10.7. The molecule has 4 rings (SSSR count). The molecule has 0 aliphatic heterocycles. The minimum absolute atomic E-state index is 0.0696. The van der Waals surface area contributed by atoms with Crippen LogP contribution in [0.3, 0.4) is 0 Å². The number of carbonyl (C=O) groups is 2. The predicted molar refractivity (Wildman–Crippen MR) is 130 cm³/mol. The fourth-order valence-electron chi connectivity index (χ4n) is 5.15. The van der Waals surface area contributed by atoms with Crippen LogP contribution >= 0.6 is 0 Å². The van der Waals surface area contributed by atoms with Crippen LogP contribution in [0.1, 0.15) is 66.3 Å². The second-order valence-electron chi connectivity index (χ2n) is 8.90. The number of nitrogens with zero attached hydrogens (tertiary/aromatic N) is 2. The van der Waals surface area contributed by atoms with E-state index in [0.717, 1.165) is 43.5 Å². The van der Waals surface area contributed by atoms with E-state index in [2.05, 4.69) is 28.8 Å². The van der Waals surface area contributed by atoms with Gasteiger partial charge in [-0.05, 0) is 55.9 Å². The first kappa shape index (κ1) is 23.7. The van der Waals surface area contributed by atoms with Crippen molar-refractivity contribution >= 4 is 11.9 Å². The molecule has 3 aromatic rings. The van der Waals surface area contributed by atoms with Crippen LogP contribution in [-0.4, -0.2) is 35.2 Å². The topological polar surface area (TPSA) is 70.4 Å². The fourth-order valence-corrected chi connectivity index (χ4v) is 5.15. The van der Waals surface area contributed by atoms with Gasteiger partial charge in [-0.2, -0.15) is 0 Å². The van der Waals surface area contributed by atoms with Crippen LogP contribution in [0.15, 0.2) is 67.0 Å². The van der Waals surface area contributed by atoms with E-state index in [1.54, 1.807) is 12.1 Å². The van der Waals surface area contributed by atoms with Crippen LogP contribution in [-0.2, 0) is 26.2 Å². The molecule has 1 aliphatic rings. The van der Waals surface area contributed by atoms with E-state index in [9.17, 15) is 9.59 Å². The number of rotatable bonds is 7. The summed E-state index contributed by atoms with van der Waals surface area (Å²) >= 11 is 0. The van der Waals surface area contributed by atoms with Crippen LogP contribution in [0.25, 0.3) is 0 Å². The third-order valence-corrected chi connectivity index (χ3v) is 6.89. The Balaban J connectivity index is 1.66. The molecule has 6 nitrogen and oxygen atoms in total. The number of hydrogen-bond acceptors (Lipinski definition) is 5. The molecule has 2 unspecified atom stereocenters. The van der Waals surface area contributed by atoms with Crippen LogP contribution < -0.4 is 0 Å². The van der Waals surface area contributed by atoms with Crippen molar-refractivity contribution in [2.24, 2.45) is 5.92 Å². The number of esters is 2. The highest BCUT2D eigenvalue weighted by atomic mass is 16.5. The van der Waals surface area contributed by atoms with Gasteiger partial charge in [-0.3, -0.25) is 4.79 Å². The Bertz CT molecular complexity index is 1110. The van der Waals surface area contributed by atoms with E-state index in [4.69, 9.17) is 14.5 Å². The minimum atomic E-state index is -0.340. The van der Waals surface area contributed by atoms with Crippen molar-refractivity contribution in [2.45, 2.75) is 51.0 Å². The molecular formula is C28H32N2O4. The summed E-state index contributed by atoms with van der Waals surface area (Å²) in [5.74, 6) is 0.521. The Hall–Kier alpha value is -3.41. The second-order valence-corrected chi connectivity index (χ2v) is 8.90. The highest BCUT2D eigenvalue weighted by Gasteiger charge is 2.41. The van der Waals surface area contributed by atoms with E-state index in [1.807, 2.05) is 37.5 Å². The van der Waals surface area contributed by atoms with E-state index in [1.165, 1.54) is 12.7 Å². The van der Waals surface area contributed by atoms with Gasteiger partial charge in [0.15, 0.2) is 0 Å². The largest absolute Gasteiger partial charge is 0.466 e. The molecule has 1 aliphatic carbocycles. The van der Waals surface area contributed by atoms with Gasteiger partial charge in [0.05, 0.1) is 30.6 Å². The lowest BCUT2D eigenvalue weighted by atomic mass is 9.73. The monoisotopic (exact) mass is 460 g/mol. The van der Waals surface area contributed by atoms with Gasteiger partial charge in [-0.15, -0.1) is 0 Å². The van der Waals surface area contributed by atoms with Crippen molar-refractivity contribution in [1.29, 1.82) is 0 Å². The van der Waals surface area contributed by atoms with Crippen molar-refractivity contribution in [1.82, 2.24) is 9.55 Å². The van der Waals surface area contributed by atoms with Gasteiger partial charge in [-0.25, -0.2) is 9.78 Å². The molecule has 0 bridgehead atoms. The van der Waals surface area contributed by atoms with E-state index >= 15 is 0 Å². The SMILES string of the molecule is CCOC(=O)C1CCCC(c2ccccc2)(c2nccn2Cc2ccc(C(=O)OC)cc2)CC1. The van der Waals surface area contributed by atoms with Gasteiger partial charge < -0.3 is 14.0 Å². The summed E-state index contributed by atoms with van der Waals surface area (Å²) in [6, 6.07) is 18.0. The summed E-state index contributed by atoms with van der Waals surface area (Å²) in [6.45, 7) is 2.92. The van der Waals surface area contributed by atoms with Gasteiger partial charge in [-0.1, -0.05) is 48.9 Å². The summed E-state index contributed by atoms with van der Waals surface area (Å²) in [6.07, 6.45) is 8.17. The van der Waals surface area contributed by atoms with Crippen molar-refractivity contribution in [3.8, 4) is 0 Å². The lowest BCUT2D eigenvalue weighted by Crippen LogP contribution is -2.31. The molecule has 0 radical (unpaired) electrons. The third-order valence-electron chi connectivity index (χ3n) is 6.89. The minimum Gasteiger partial charge on any atom is -0.466 e. The Labute approximate surface area is 200 Å². The van der Waals surface area contributed by atoms with Crippen molar-refractivity contribution in [2.75, 3.05) is 13.7 Å². The molecule has 6 heteroatoms. The van der Waals surface area contributed by atoms with Gasteiger partial charge in [0.1, 0.15) is 5.82 Å². The van der Waals surface area contributed by atoms with Crippen molar-refractivity contribution in [3.63, 3.8) is 0 Å². The number of methoxy groups -OCH3 is 1. The molecule has 1 aromatic heterocycles. The molecule has 0 saturated heterocycles. The van der Waals surface area contributed by atoms with Crippen LogP contribution in [0.2, 0.25) is 0 Å². The fraction of sp³-hybridized carbons (Fsp3) is 0.393. The molecule has 0 spiro atoms. The smallest absolute Gasteiger partial charge is 0.337 e. The molecule has 1 heterocycles. The van der Waals surface area contributed by atoms with Crippen molar-refractivity contribution in [3.05, 3.63) is 89.5 Å². The lowest BCUT2D eigenvalue weighted by Gasteiger charge is -2.34. The van der Waals surface area contributed by atoms with E-state index < -0.39 is 0 Å². The Morgan fingerprint density at radius 3 is 2.53 bits per heavy atom. The van der Waals surface area contributed by atoms with Gasteiger partial charge in [0, 0.05) is 18.9 Å². The maximum Gasteiger partial charge on any atom is 0.337 e. The molecular weight excluding hydrogens is 428 g/mol. The average Bonchev–Trinajstić information content (AvgIpc) is 3.22. The zero-order valence-electron chi connectivity index (χ0n) is 19.9. The highest BCUT2D eigenvalue weighted by molar-refractivity contribution is 5.89. The third kappa shape index (κ3) is 4.91. The van der Waals surface area contributed by atoms with E-state index in [-0.39, 0.29) is 23.3 Å². The first-order chi connectivity index (χ1) is 16.6. The molecule has 2 aromatic carbocycles. The van der Waals surface area contributed by atoms with Crippen LogP contribution in [0.4, 0.5) is 0 Å². The van der Waals surface area contributed by atoms with Crippen LogP contribution in [0, 0.1) is 5.92 Å². The summed E-state index contributed by atoms with van der Waals surface area (Å²) in [5.41, 5.74) is 2.56. The summed E-state index contributed by atoms with van der Waals surface area (Å²) in [5, 5.41) is 0. The molecule has 0 N–H and O–H groups in total. The molecule has 34 heavy (non-hydrogen) atoms. The summed E-state index contributed by atoms with van der Waals surface area (Å²) in [4.78, 5) is 29.2. The molecule has 0 amide bonds. The maximum absolute atomic E-state index is 12.5. The molecule has 178 valence electrons. The number of imidazole rings is 1. The number of hydrogen-bond donors (Lipinski definition) is 0. The molecule has 1 fully saturated rings. The summed E-state index contributed by atoms with van der Waals surface area (Å²) in [7, 11) is 1.39. The molecule has 2 atom stereocenters. The average molecular weight is 461 g/mol. The Kier molecular flexibility index (Phi) is 7.46. The molecule has 1 saturated carbocycles. The van der Waals surface area contributed by atoms with Gasteiger partial charge >= 0.3 is 11.9 Å². The maximum atomic E-state index is 12.5. The van der Waals surface area contributed by atoms with Crippen LogP contribution in [0.5, 0.6) is 0 Å². The highest BCUT2D eigenvalue weighted by Crippen LogP contribution is 2.44. The quantitative estimate of drug-likeness (QED) is 0.360. The van der Waals surface area contributed by atoms with Gasteiger partial charge in [0.25, 0.3) is 0 Å².